The molecule has 2 aliphatic rings. The van der Waals surface area contributed by atoms with E-state index in [1.165, 1.54) is 6.07 Å². The number of phenolic OH excluding ortho intramolecular Hbond substituents is 1. The van der Waals surface area contributed by atoms with E-state index < -0.39 is 11.7 Å². The van der Waals surface area contributed by atoms with Crippen LogP contribution < -0.4 is 11.1 Å². The van der Waals surface area contributed by atoms with E-state index in [4.69, 9.17) is 10.5 Å². The zero-order valence-corrected chi connectivity index (χ0v) is 10.9. The molecule has 1 aliphatic heterocycles. The lowest BCUT2D eigenvalue weighted by molar-refractivity contribution is -0.117. The summed E-state index contributed by atoms with van der Waals surface area (Å²) in [6, 6.07) is 2.91. The van der Waals surface area contributed by atoms with E-state index in [-0.39, 0.29) is 35.4 Å². The maximum absolute atomic E-state index is 12.9. The first kappa shape index (κ1) is 13.3. The summed E-state index contributed by atoms with van der Waals surface area (Å²) in [7, 11) is 0. The summed E-state index contributed by atoms with van der Waals surface area (Å²) < 4.78 is 18.5. The van der Waals surface area contributed by atoms with Gasteiger partial charge in [0, 0.05) is 24.6 Å². The van der Waals surface area contributed by atoms with Crippen LogP contribution in [0.4, 0.5) is 4.39 Å². The van der Waals surface area contributed by atoms with Crippen molar-refractivity contribution in [2.45, 2.75) is 31.0 Å². The summed E-state index contributed by atoms with van der Waals surface area (Å²) in [5.74, 6) is -1.14. The molecule has 5 nitrogen and oxygen atoms in total. The second-order valence-corrected chi connectivity index (χ2v) is 5.38. The Balaban J connectivity index is 1.70. The Morgan fingerprint density at radius 3 is 3.05 bits per heavy atom. The zero-order valence-electron chi connectivity index (χ0n) is 10.9. The molecule has 1 saturated carbocycles. The Labute approximate surface area is 115 Å². The third kappa shape index (κ3) is 2.14. The van der Waals surface area contributed by atoms with Crippen molar-refractivity contribution in [3.8, 4) is 5.75 Å². The predicted octanol–water partition coefficient (Wildman–Crippen LogP) is 0.766. The number of hydrogen-bond donors (Lipinski definition) is 3. The average Bonchev–Trinajstić information content (AvgIpc) is 2.44. The number of carbonyl (C=O) groups excluding carboxylic acids is 1. The van der Waals surface area contributed by atoms with Gasteiger partial charge in [-0.25, -0.2) is 4.39 Å². The molecule has 0 spiro atoms. The lowest BCUT2D eigenvalue weighted by Crippen LogP contribution is -2.72. The van der Waals surface area contributed by atoms with Gasteiger partial charge < -0.3 is 20.9 Å². The monoisotopic (exact) mass is 280 g/mol. The van der Waals surface area contributed by atoms with Crippen molar-refractivity contribution < 1.29 is 19.0 Å². The molecule has 1 saturated heterocycles. The molecule has 0 bridgehead atoms. The Kier molecular flexibility index (Phi) is 3.35. The Hall–Kier alpha value is -1.66. The smallest absolute Gasteiger partial charge is 0.255 e. The first-order valence-corrected chi connectivity index (χ1v) is 6.74. The van der Waals surface area contributed by atoms with Crippen LogP contribution in [0.3, 0.4) is 0 Å². The van der Waals surface area contributed by atoms with Crippen LogP contribution in [0, 0.1) is 11.7 Å². The third-order valence-electron chi connectivity index (χ3n) is 4.18. The number of halogens is 1. The number of fused-ring (bicyclic) bond motifs is 1. The van der Waals surface area contributed by atoms with E-state index in [9.17, 15) is 14.3 Å². The lowest BCUT2D eigenvalue weighted by Gasteiger charge is -2.52. The summed E-state index contributed by atoms with van der Waals surface area (Å²) in [6.45, 7) is 0.683. The highest BCUT2D eigenvalue weighted by molar-refractivity contribution is 5.97. The van der Waals surface area contributed by atoms with Gasteiger partial charge in [-0.05, 0) is 25.0 Å². The molecule has 1 amide bonds. The van der Waals surface area contributed by atoms with Crippen LogP contribution in [0.15, 0.2) is 18.2 Å². The van der Waals surface area contributed by atoms with Gasteiger partial charge in [-0.1, -0.05) is 0 Å². The van der Waals surface area contributed by atoms with Gasteiger partial charge in [0.2, 0.25) is 0 Å². The number of phenols is 1. The molecule has 1 aromatic rings. The predicted molar refractivity (Wildman–Crippen MR) is 69.8 cm³/mol. The minimum atomic E-state index is -0.588. The van der Waals surface area contributed by atoms with Crippen molar-refractivity contribution in [1.29, 1.82) is 0 Å². The van der Waals surface area contributed by atoms with E-state index in [1.807, 2.05) is 0 Å². The highest BCUT2D eigenvalue weighted by Gasteiger charge is 2.51. The SMILES string of the molecule is NC1C2CCCOC2C1NC(=O)c1ccc(F)cc1O. The van der Waals surface area contributed by atoms with Crippen LogP contribution in [0.1, 0.15) is 23.2 Å². The second-order valence-electron chi connectivity index (χ2n) is 5.38. The normalized spacial score (nSPS) is 32.1. The van der Waals surface area contributed by atoms with E-state index >= 15 is 0 Å². The number of rotatable bonds is 2. The van der Waals surface area contributed by atoms with Crippen LogP contribution in [0.2, 0.25) is 0 Å². The van der Waals surface area contributed by atoms with Crippen LogP contribution in [0.5, 0.6) is 5.75 Å². The summed E-state index contributed by atoms with van der Waals surface area (Å²) in [5, 5.41) is 12.4. The lowest BCUT2D eigenvalue weighted by atomic mass is 9.68. The second kappa shape index (κ2) is 5.03. The molecular formula is C14H17FN2O3. The molecule has 3 rings (SSSR count). The molecule has 1 aliphatic carbocycles. The molecule has 1 heterocycles. The maximum atomic E-state index is 12.9. The van der Waals surface area contributed by atoms with Crippen molar-refractivity contribution >= 4 is 5.91 Å². The first-order valence-electron chi connectivity index (χ1n) is 6.74. The van der Waals surface area contributed by atoms with Crippen LogP contribution in [-0.2, 0) is 4.74 Å². The minimum Gasteiger partial charge on any atom is -0.507 e. The number of aromatic hydroxyl groups is 1. The van der Waals surface area contributed by atoms with Gasteiger partial charge in [-0.2, -0.15) is 0 Å². The number of benzene rings is 1. The van der Waals surface area contributed by atoms with Gasteiger partial charge in [0.25, 0.3) is 5.91 Å². The fourth-order valence-corrected chi connectivity index (χ4v) is 3.05. The number of carbonyl (C=O) groups is 1. The Bertz CT molecular complexity index is 537. The minimum absolute atomic E-state index is 0.0397. The van der Waals surface area contributed by atoms with Gasteiger partial charge in [0.05, 0.1) is 17.7 Å². The molecule has 1 aromatic carbocycles. The van der Waals surface area contributed by atoms with Gasteiger partial charge in [-0.15, -0.1) is 0 Å². The molecule has 0 aromatic heterocycles. The maximum Gasteiger partial charge on any atom is 0.255 e. The van der Waals surface area contributed by atoms with E-state index in [0.717, 1.165) is 25.0 Å². The molecule has 0 radical (unpaired) electrons. The topological polar surface area (TPSA) is 84.6 Å². The number of amides is 1. The fourth-order valence-electron chi connectivity index (χ4n) is 3.05. The van der Waals surface area contributed by atoms with Crippen LogP contribution in [-0.4, -0.2) is 35.8 Å². The quantitative estimate of drug-likeness (QED) is 0.747. The van der Waals surface area contributed by atoms with Gasteiger partial charge >= 0.3 is 0 Å². The average molecular weight is 280 g/mol. The third-order valence-corrected chi connectivity index (χ3v) is 4.18. The summed E-state index contributed by atoms with van der Waals surface area (Å²) in [4.78, 5) is 12.1. The Morgan fingerprint density at radius 1 is 1.50 bits per heavy atom. The molecular weight excluding hydrogens is 263 g/mol. The highest BCUT2D eigenvalue weighted by atomic mass is 19.1. The van der Waals surface area contributed by atoms with Gasteiger partial charge in [0.15, 0.2) is 0 Å². The highest BCUT2D eigenvalue weighted by Crippen LogP contribution is 2.37. The van der Waals surface area contributed by atoms with Gasteiger partial charge in [0.1, 0.15) is 11.6 Å². The Morgan fingerprint density at radius 2 is 2.30 bits per heavy atom. The molecule has 108 valence electrons. The number of nitrogens with one attached hydrogen (secondary N) is 1. The van der Waals surface area contributed by atoms with Crippen LogP contribution >= 0.6 is 0 Å². The summed E-state index contributed by atoms with van der Waals surface area (Å²) in [5.41, 5.74) is 6.09. The molecule has 4 N–H and O–H groups in total. The van der Waals surface area contributed by atoms with E-state index in [2.05, 4.69) is 5.32 Å². The summed E-state index contributed by atoms with van der Waals surface area (Å²) >= 11 is 0. The van der Waals surface area contributed by atoms with Crippen molar-refractivity contribution in [1.82, 2.24) is 5.32 Å². The molecule has 6 heteroatoms. The number of ether oxygens (including phenoxy) is 1. The molecule has 4 atom stereocenters. The van der Waals surface area contributed by atoms with Crippen molar-refractivity contribution in [3.05, 3.63) is 29.6 Å². The fraction of sp³-hybridized carbons (Fsp3) is 0.500. The zero-order chi connectivity index (χ0) is 14.3. The van der Waals surface area contributed by atoms with Crippen molar-refractivity contribution in [2.24, 2.45) is 11.7 Å². The van der Waals surface area contributed by atoms with Crippen molar-refractivity contribution in [2.75, 3.05) is 6.61 Å². The van der Waals surface area contributed by atoms with Crippen LogP contribution in [0.25, 0.3) is 0 Å². The standard InChI is InChI=1S/C14H17FN2O3/c15-7-3-4-8(10(18)6-7)14(19)17-12-11(16)9-2-1-5-20-13(9)12/h3-4,6,9,11-13,18H,1-2,5,16H2,(H,17,19). The molecule has 2 fully saturated rings. The van der Waals surface area contributed by atoms with Crippen molar-refractivity contribution in [3.63, 3.8) is 0 Å². The van der Waals surface area contributed by atoms with E-state index in [1.54, 1.807) is 0 Å². The molecule has 20 heavy (non-hydrogen) atoms. The molecule has 4 unspecified atom stereocenters. The number of hydrogen-bond acceptors (Lipinski definition) is 4. The first-order chi connectivity index (χ1) is 9.58. The number of nitrogens with two attached hydrogens (primary N) is 1. The van der Waals surface area contributed by atoms with Gasteiger partial charge in [-0.3, -0.25) is 4.79 Å². The largest absolute Gasteiger partial charge is 0.507 e. The summed E-state index contributed by atoms with van der Waals surface area (Å²) in [6.07, 6.45) is 1.96. The van der Waals surface area contributed by atoms with E-state index in [0.29, 0.717) is 6.61 Å².